The van der Waals surface area contributed by atoms with Crippen molar-refractivity contribution in [3.63, 3.8) is 0 Å². The van der Waals surface area contributed by atoms with Gasteiger partial charge in [-0.3, -0.25) is 4.79 Å². The Balaban J connectivity index is 1.63. The van der Waals surface area contributed by atoms with Crippen molar-refractivity contribution < 1.29 is 19.4 Å². The smallest absolute Gasteiger partial charge is 0.319 e. The second-order valence-corrected chi connectivity index (χ2v) is 6.01. The maximum atomic E-state index is 12.1. The van der Waals surface area contributed by atoms with Gasteiger partial charge in [0.25, 0.3) is 0 Å². The third-order valence-electron chi connectivity index (χ3n) is 4.19. The van der Waals surface area contributed by atoms with Crippen molar-refractivity contribution in [1.82, 2.24) is 5.32 Å². The van der Waals surface area contributed by atoms with E-state index in [1.165, 1.54) is 7.11 Å². The molecule has 1 saturated heterocycles. The van der Waals surface area contributed by atoms with Crippen LogP contribution in [-0.4, -0.2) is 30.7 Å². The summed E-state index contributed by atoms with van der Waals surface area (Å²) in [6, 6.07) is 11.5. The fourth-order valence-electron chi connectivity index (χ4n) is 2.85. The molecule has 0 unspecified atom stereocenters. The first kappa shape index (κ1) is 17.6. The minimum atomic E-state index is -0.356. The standard InChI is InChI=1S/C19H21N3O4/c1-26-17-11-14(6-9-16(17)22-10-2-3-18(22)24)21-19(25)20-12-13-4-7-15(23)8-5-13/h4-9,11,23H,2-3,10,12H2,1H3,(H2,20,21,25). The van der Waals surface area contributed by atoms with Crippen LogP contribution in [0.4, 0.5) is 16.2 Å². The predicted molar refractivity (Wildman–Crippen MR) is 98.5 cm³/mol. The molecular formula is C19H21N3O4. The average molecular weight is 355 g/mol. The highest BCUT2D eigenvalue weighted by Gasteiger charge is 2.24. The molecule has 2 aromatic carbocycles. The van der Waals surface area contributed by atoms with E-state index in [0.29, 0.717) is 36.6 Å². The van der Waals surface area contributed by atoms with Crippen molar-refractivity contribution in [3.8, 4) is 11.5 Å². The van der Waals surface area contributed by atoms with Gasteiger partial charge < -0.3 is 25.4 Å². The first-order chi connectivity index (χ1) is 12.6. The van der Waals surface area contributed by atoms with Crippen LogP contribution in [-0.2, 0) is 11.3 Å². The van der Waals surface area contributed by atoms with Gasteiger partial charge in [-0.1, -0.05) is 12.1 Å². The number of phenolic OH excluding ortho intramolecular Hbond substituents is 1. The van der Waals surface area contributed by atoms with Crippen LogP contribution in [0.5, 0.6) is 11.5 Å². The Morgan fingerprint density at radius 1 is 1.23 bits per heavy atom. The molecule has 3 amide bonds. The summed E-state index contributed by atoms with van der Waals surface area (Å²) in [6.45, 7) is 1.01. The van der Waals surface area contributed by atoms with Crippen LogP contribution < -0.4 is 20.3 Å². The zero-order valence-corrected chi connectivity index (χ0v) is 14.5. The van der Waals surface area contributed by atoms with Gasteiger partial charge in [-0.15, -0.1) is 0 Å². The molecule has 7 heteroatoms. The highest BCUT2D eigenvalue weighted by molar-refractivity contribution is 5.97. The van der Waals surface area contributed by atoms with Gasteiger partial charge in [0.05, 0.1) is 12.8 Å². The Bertz CT molecular complexity index is 805. The summed E-state index contributed by atoms with van der Waals surface area (Å²) in [6.07, 6.45) is 1.38. The molecule has 136 valence electrons. The lowest BCUT2D eigenvalue weighted by molar-refractivity contribution is -0.117. The van der Waals surface area contributed by atoms with E-state index < -0.39 is 0 Å². The summed E-state index contributed by atoms with van der Waals surface area (Å²) in [7, 11) is 1.54. The van der Waals surface area contributed by atoms with E-state index in [4.69, 9.17) is 4.74 Å². The average Bonchev–Trinajstić information content (AvgIpc) is 3.07. The molecule has 26 heavy (non-hydrogen) atoms. The largest absolute Gasteiger partial charge is 0.508 e. The summed E-state index contributed by atoms with van der Waals surface area (Å²) < 4.78 is 5.38. The van der Waals surface area contributed by atoms with E-state index in [2.05, 4.69) is 10.6 Å². The fraction of sp³-hybridized carbons (Fsp3) is 0.263. The lowest BCUT2D eigenvalue weighted by atomic mass is 10.2. The van der Waals surface area contributed by atoms with Gasteiger partial charge in [0.15, 0.2) is 0 Å². The molecular weight excluding hydrogens is 334 g/mol. The van der Waals surface area contributed by atoms with Gasteiger partial charge in [-0.25, -0.2) is 4.79 Å². The highest BCUT2D eigenvalue weighted by atomic mass is 16.5. The number of phenols is 1. The number of hydrogen-bond donors (Lipinski definition) is 3. The molecule has 2 aromatic rings. The highest BCUT2D eigenvalue weighted by Crippen LogP contribution is 2.33. The lowest BCUT2D eigenvalue weighted by Crippen LogP contribution is -2.28. The molecule has 1 aliphatic heterocycles. The Hall–Kier alpha value is -3.22. The van der Waals surface area contributed by atoms with Gasteiger partial charge in [-0.05, 0) is 36.2 Å². The number of urea groups is 1. The Morgan fingerprint density at radius 3 is 2.65 bits per heavy atom. The molecule has 0 aliphatic carbocycles. The topological polar surface area (TPSA) is 90.9 Å². The van der Waals surface area contributed by atoms with Crippen LogP contribution >= 0.6 is 0 Å². The molecule has 0 atom stereocenters. The van der Waals surface area contributed by atoms with Crippen LogP contribution in [0.2, 0.25) is 0 Å². The monoisotopic (exact) mass is 355 g/mol. The summed E-state index contributed by atoms with van der Waals surface area (Å²) in [5.74, 6) is 0.800. The minimum Gasteiger partial charge on any atom is -0.508 e. The molecule has 0 saturated carbocycles. The third kappa shape index (κ3) is 4.05. The maximum Gasteiger partial charge on any atom is 0.319 e. The van der Waals surface area contributed by atoms with E-state index in [-0.39, 0.29) is 17.7 Å². The van der Waals surface area contributed by atoms with Crippen LogP contribution in [0, 0.1) is 0 Å². The molecule has 1 aliphatic rings. The van der Waals surface area contributed by atoms with Crippen molar-refractivity contribution >= 4 is 23.3 Å². The number of benzene rings is 2. The Morgan fingerprint density at radius 2 is 2.00 bits per heavy atom. The molecule has 7 nitrogen and oxygen atoms in total. The summed E-state index contributed by atoms with van der Waals surface area (Å²) in [5, 5.41) is 14.7. The van der Waals surface area contributed by atoms with Crippen molar-refractivity contribution in [2.24, 2.45) is 0 Å². The number of rotatable bonds is 5. The van der Waals surface area contributed by atoms with Gasteiger partial charge >= 0.3 is 6.03 Å². The molecule has 3 rings (SSSR count). The number of carbonyl (C=O) groups is 2. The summed E-state index contributed by atoms with van der Waals surface area (Å²) in [5.41, 5.74) is 2.16. The molecule has 0 bridgehead atoms. The number of anilines is 2. The van der Waals surface area contributed by atoms with Crippen LogP contribution in [0.1, 0.15) is 18.4 Å². The molecule has 1 fully saturated rings. The van der Waals surface area contributed by atoms with Crippen LogP contribution in [0.3, 0.4) is 0 Å². The van der Waals surface area contributed by atoms with Crippen molar-refractivity contribution in [2.75, 3.05) is 23.9 Å². The molecule has 0 radical (unpaired) electrons. The molecule has 3 N–H and O–H groups in total. The number of amides is 3. The fourth-order valence-corrected chi connectivity index (χ4v) is 2.85. The normalized spacial score (nSPS) is 13.6. The quantitative estimate of drug-likeness (QED) is 0.769. The van der Waals surface area contributed by atoms with Crippen molar-refractivity contribution in [3.05, 3.63) is 48.0 Å². The molecule has 1 heterocycles. The second kappa shape index (κ2) is 7.77. The van der Waals surface area contributed by atoms with E-state index in [0.717, 1.165) is 12.0 Å². The van der Waals surface area contributed by atoms with E-state index in [9.17, 15) is 14.7 Å². The Labute approximate surface area is 151 Å². The number of aromatic hydroxyl groups is 1. The second-order valence-electron chi connectivity index (χ2n) is 6.01. The summed E-state index contributed by atoms with van der Waals surface area (Å²) >= 11 is 0. The van der Waals surface area contributed by atoms with Crippen LogP contribution in [0.25, 0.3) is 0 Å². The van der Waals surface area contributed by atoms with Crippen molar-refractivity contribution in [2.45, 2.75) is 19.4 Å². The summed E-state index contributed by atoms with van der Waals surface area (Å²) in [4.78, 5) is 25.7. The van der Waals surface area contributed by atoms with Gasteiger partial charge in [0.1, 0.15) is 11.5 Å². The number of ether oxygens (including phenoxy) is 1. The number of carbonyl (C=O) groups excluding carboxylic acids is 2. The number of nitrogens with zero attached hydrogens (tertiary/aromatic N) is 1. The SMILES string of the molecule is COc1cc(NC(=O)NCc2ccc(O)cc2)ccc1N1CCCC1=O. The number of nitrogens with one attached hydrogen (secondary N) is 2. The first-order valence-electron chi connectivity index (χ1n) is 8.38. The number of methoxy groups -OCH3 is 1. The Kier molecular flexibility index (Phi) is 5.26. The van der Waals surface area contributed by atoms with E-state index >= 15 is 0 Å². The predicted octanol–water partition coefficient (Wildman–Crippen LogP) is 2.85. The minimum absolute atomic E-state index is 0.0793. The van der Waals surface area contributed by atoms with Gasteiger partial charge in [0.2, 0.25) is 5.91 Å². The van der Waals surface area contributed by atoms with Gasteiger partial charge in [0, 0.05) is 31.3 Å². The van der Waals surface area contributed by atoms with Crippen LogP contribution in [0.15, 0.2) is 42.5 Å². The van der Waals surface area contributed by atoms with Gasteiger partial charge in [-0.2, -0.15) is 0 Å². The third-order valence-corrected chi connectivity index (χ3v) is 4.19. The number of hydrogen-bond acceptors (Lipinski definition) is 4. The first-order valence-corrected chi connectivity index (χ1v) is 8.38. The maximum absolute atomic E-state index is 12.1. The molecule has 0 spiro atoms. The lowest BCUT2D eigenvalue weighted by Gasteiger charge is -2.19. The van der Waals surface area contributed by atoms with Crippen molar-refractivity contribution in [1.29, 1.82) is 0 Å². The zero-order chi connectivity index (χ0) is 18.5. The van der Waals surface area contributed by atoms with E-state index in [1.807, 2.05) is 0 Å². The van der Waals surface area contributed by atoms with E-state index in [1.54, 1.807) is 47.4 Å². The molecule has 0 aromatic heterocycles. The zero-order valence-electron chi connectivity index (χ0n) is 14.5.